The van der Waals surface area contributed by atoms with E-state index in [1.807, 2.05) is 30.3 Å². The van der Waals surface area contributed by atoms with Gasteiger partial charge in [-0.2, -0.15) is 0 Å². The second-order valence-electron chi connectivity index (χ2n) is 6.29. The molecule has 0 saturated carbocycles. The molecule has 2 N–H and O–H groups in total. The molecule has 1 amide bonds. The van der Waals surface area contributed by atoms with Gasteiger partial charge < -0.3 is 15.2 Å². The lowest BCUT2D eigenvalue weighted by molar-refractivity contribution is -0.125. The number of aromatic hydroxyl groups is 1. The average Bonchev–Trinajstić information content (AvgIpc) is 2.59. The van der Waals surface area contributed by atoms with Gasteiger partial charge in [0.15, 0.2) is 6.61 Å². The fourth-order valence-electron chi connectivity index (χ4n) is 2.52. The zero-order chi connectivity index (χ0) is 18.2. The number of ether oxygens (including phenoxy) is 1. The summed E-state index contributed by atoms with van der Waals surface area (Å²) >= 11 is 0. The van der Waals surface area contributed by atoms with Gasteiger partial charge in [-0.25, -0.2) is 4.79 Å². The van der Waals surface area contributed by atoms with Crippen LogP contribution in [-0.4, -0.2) is 23.6 Å². The van der Waals surface area contributed by atoms with Crippen LogP contribution in [0.2, 0.25) is 0 Å². The number of hydrogen-bond acceptors (Lipinski definition) is 4. The van der Waals surface area contributed by atoms with Gasteiger partial charge >= 0.3 is 5.97 Å². The van der Waals surface area contributed by atoms with E-state index in [-0.39, 0.29) is 29.9 Å². The number of phenols is 1. The SMILES string of the molecule is CC(C)C[C@@H](NC(=O)COC(=O)c1cccc(O)c1)c1ccccc1. The van der Waals surface area contributed by atoms with Crippen LogP contribution in [0.3, 0.4) is 0 Å². The summed E-state index contributed by atoms with van der Waals surface area (Å²) in [6, 6.07) is 15.4. The maximum atomic E-state index is 12.2. The lowest BCUT2D eigenvalue weighted by Crippen LogP contribution is -2.33. The average molecular weight is 341 g/mol. The van der Waals surface area contributed by atoms with E-state index in [1.165, 1.54) is 18.2 Å². The highest BCUT2D eigenvalue weighted by atomic mass is 16.5. The smallest absolute Gasteiger partial charge is 0.338 e. The van der Waals surface area contributed by atoms with Crippen molar-refractivity contribution in [2.45, 2.75) is 26.3 Å². The third kappa shape index (κ3) is 5.95. The van der Waals surface area contributed by atoms with E-state index in [9.17, 15) is 14.7 Å². The van der Waals surface area contributed by atoms with Crippen LogP contribution in [-0.2, 0) is 9.53 Å². The first kappa shape index (κ1) is 18.5. The van der Waals surface area contributed by atoms with Crippen LogP contribution >= 0.6 is 0 Å². The van der Waals surface area contributed by atoms with Crippen molar-refractivity contribution < 1.29 is 19.4 Å². The van der Waals surface area contributed by atoms with Crippen molar-refractivity contribution in [3.05, 3.63) is 65.7 Å². The minimum absolute atomic E-state index is 0.0278. The highest BCUT2D eigenvalue weighted by Crippen LogP contribution is 2.21. The molecule has 25 heavy (non-hydrogen) atoms. The summed E-state index contributed by atoms with van der Waals surface area (Å²) in [5.41, 5.74) is 1.22. The van der Waals surface area contributed by atoms with Crippen molar-refractivity contribution in [2.75, 3.05) is 6.61 Å². The van der Waals surface area contributed by atoms with Gasteiger partial charge in [-0.3, -0.25) is 4.79 Å². The summed E-state index contributed by atoms with van der Waals surface area (Å²) in [5.74, 6) is -0.630. The lowest BCUT2D eigenvalue weighted by Gasteiger charge is -2.21. The normalized spacial score (nSPS) is 11.8. The van der Waals surface area contributed by atoms with Gasteiger partial charge in [0.1, 0.15) is 5.75 Å². The Morgan fingerprint density at radius 2 is 1.80 bits per heavy atom. The van der Waals surface area contributed by atoms with Crippen molar-refractivity contribution in [3.63, 3.8) is 0 Å². The van der Waals surface area contributed by atoms with Crippen molar-refractivity contribution in [3.8, 4) is 5.75 Å². The van der Waals surface area contributed by atoms with E-state index >= 15 is 0 Å². The summed E-state index contributed by atoms with van der Waals surface area (Å²) in [5, 5.41) is 12.3. The van der Waals surface area contributed by atoms with E-state index < -0.39 is 5.97 Å². The molecule has 1 atom stereocenters. The topological polar surface area (TPSA) is 75.6 Å². The van der Waals surface area contributed by atoms with Gasteiger partial charge in [0.05, 0.1) is 11.6 Å². The largest absolute Gasteiger partial charge is 0.508 e. The molecule has 0 spiro atoms. The van der Waals surface area contributed by atoms with Crippen LogP contribution in [0.25, 0.3) is 0 Å². The molecule has 0 aliphatic carbocycles. The monoisotopic (exact) mass is 341 g/mol. The molecule has 0 unspecified atom stereocenters. The molecular weight excluding hydrogens is 318 g/mol. The molecule has 0 aromatic heterocycles. The zero-order valence-corrected chi connectivity index (χ0v) is 14.4. The molecule has 0 heterocycles. The van der Waals surface area contributed by atoms with E-state index in [0.717, 1.165) is 12.0 Å². The summed E-state index contributed by atoms with van der Waals surface area (Å²) < 4.78 is 5.02. The number of phenolic OH excluding ortho intramolecular Hbond substituents is 1. The number of nitrogens with one attached hydrogen (secondary N) is 1. The summed E-state index contributed by atoms with van der Waals surface area (Å²) in [4.78, 5) is 24.1. The molecule has 0 aliphatic heterocycles. The van der Waals surface area contributed by atoms with Gasteiger partial charge in [0, 0.05) is 0 Å². The fraction of sp³-hybridized carbons (Fsp3) is 0.300. The van der Waals surface area contributed by atoms with Crippen molar-refractivity contribution in [2.24, 2.45) is 5.92 Å². The number of carbonyl (C=O) groups is 2. The summed E-state index contributed by atoms with van der Waals surface area (Å²) in [6.45, 7) is 3.81. The molecule has 132 valence electrons. The Bertz CT molecular complexity index is 713. The Hall–Kier alpha value is -2.82. The fourth-order valence-corrected chi connectivity index (χ4v) is 2.52. The highest BCUT2D eigenvalue weighted by Gasteiger charge is 2.17. The Morgan fingerprint density at radius 1 is 1.08 bits per heavy atom. The molecular formula is C20H23NO4. The van der Waals surface area contributed by atoms with Gasteiger partial charge in [-0.05, 0) is 36.1 Å². The van der Waals surface area contributed by atoms with Gasteiger partial charge in [0.2, 0.25) is 0 Å². The van der Waals surface area contributed by atoms with Gasteiger partial charge in [0.25, 0.3) is 5.91 Å². The standard InChI is InChI=1S/C20H23NO4/c1-14(2)11-18(15-7-4-3-5-8-15)21-19(23)13-25-20(24)16-9-6-10-17(22)12-16/h3-10,12,14,18,22H,11,13H2,1-2H3,(H,21,23)/t18-/m1/s1. The molecule has 0 fully saturated rings. The molecule has 2 aromatic carbocycles. The number of rotatable bonds is 7. The van der Waals surface area contributed by atoms with Crippen molar-refractivity contribution >= 4 is 11.9 Å². The molecule has 2 rings (SSSR count). The highest BCUT2D eigenvalue weighted by molar-refractivity contribution is 5.91. The number of amides is 1. The van der Waals surface area contributed by atoms with Crippen LogP contribution in [0.1, 0.15) is 42.2 Å². The number of esters is 1. The number of benzene rings is 2. The van der Waals surface area contributed by atoms with E-state index in [1.54, 1.807) is 6.07 Å². The van der Waals surface area contributed by atoms with Crippen LogP contribution in [0.4, 0.5) is 0 Å². The molecule has 5 heteroatoms. The number of hydrogen-bond donors (Lipinski definition) is 2. The molecule has 0 radical (unpaired) electrons. The van der Waals surface area contributed by atoms with Gasteiger partial charge in [-0.1, -0.05) is 50.2 Å². The Balaban J connectivity index is 1.93. The van der Waals surface area contributed by atoms with Crippen LogP contribution in [0, 0.1) is 5.92 Å². The molecule has 0 saturated heterocycles. The zero-order valence-electron chi connectivity index (χ0n) is 14.4. The molecule has 5 nitrogen and oxygen atoms in total. The molecule has 0 bridgehead atoms. The third-order valence-corrected chi connectivity index (χ3v) is 3.66. The van der Waals surface area contributed by atoms with Crippen molar-refractivity contribution in [1.29, 1.82) is 0 Å². The Kier molecular flexibility index (Phi) is 6.57. The second-order valence-corrected chi connectivity index (χ2v) is 6.29. The molecule has 0 aliphatic rings. The van der Waals surface area contributed by atoms with Crippen LogP contribution in [0.15, 0.2) is 54.6 Å². The maximum absolute atomic E-state index is 12.2. The maximum Gasteiger partial charge on any atom is 0.338 e. The molecule has 2 aromatic rings. The predicted molar refractivity (Wildman–Crippen MR) is 95.2 cm³/mol. The Labute approximate surface area is 147 Å². The summed E-state index contributed by atoms with van der Waals surface area (Å²) in [7, 11) is 0. The first-order valence-electron chi connectivity index (χ1n) is 8.26. The predicted octanol–water partition coefficient (Wildman–Crippen LogP) is 3.45. The third-order valence-electron chi connectivity index (χ3n) is 3.66. The van der Waals surface area contributed by atoms with Crippen LogP contribution < -0.4 is 5.32 Å². The van der Waals surface area contributed by atoms with E-state index in [2.05, 4.69) is 19.2 Å². The minimum atomic E-state index is -0.647. The van der Waals surface area contributed by atoms with Gasteiger partial charge in [-0.15, -0.1) is 0 Å². The number of carbonyl (C=O) groups excluding carboxylic acids is 2. The lowest BCUT2D eigenvalue weighted by atomic mass is 9.97. The van der Waals surface area contributed by atoms with Crippen LogP contribution in [0.5, 0.6) is 5.75 Å². The Morgan fingerprint density at radius 3 is 2.44 bits per heavy atom. The van der Waals surface area contributed by atoms with E-state index in [4.69, 9.17) is 4.74 Å². The second kappa shape index (κ2) is 8.87. The minimum Gasteiger partial charge on any atom is -0.508 e. The summed E-state index contributed by atoms with van der Waals surface area (Å²) in [6.07, 6.45) is 0.788. The van der Waals surface area contributed by atoms with E-state index in [0.29, 0.717) is 5.92 Å². The quantitative estimate of drug-likeness (QED) is 0.756. The van der Waals surface area contributed by atoms with Crippen molar-refractivity contribution in [1.82, 2.24) is 5.32 Å². The first-order chi connectivity index (χ1) is 12.0. The first-order valence-corrected chi connectivity index (χ1v) is 8.26.